The molecule has 0 spiro atoms. The van der Waals surface area contributed by atoms with Crippen molar-refractivity contribution >= 4 is 26.8 Å². The van der Waals surface area contributed by atoms with E-state index in [0.29, 0.717) is 44.9 Å². The number of rotatable bonds is 5. The molecule has 0 radical (unpaired) electrons. The lowest BCUT2D eigenvalue weighted by Crippen LogP contribution is -2.46. The summed E-state index contributed by atoms with van der Waals surface area (Å²) in [5.41, 5.74) is 2.35. The van der Waals surface area contributed by atoms with Crippen molar-refractivity contribution in [1.29, 1.82) is 0 Å². The number of carbonyl (C=O) groups excluding carboxylic acids is 1. The molecule has 186 valence electrons. The summed E-state index contributed by atoms with van der Waals surface area (Å²) in [5.74, 6) is 0.703. The number of H-pyrrole nitrogens is 1. The SMILES string of the molecule is COc1ccc2[nH]cc(C3CCN(C(=O)C4CCN(S(=O)(=O)c5ccc(F)cc5)CC4)CC3)c2c1. The van der Waals surface area contributed by atoms with Crippen molar-refractivity contribution in [3.05, 3.63) is 60.0 Å². The van der Waals surface area contributed by atoms with Crippen molar-refractivity contribution in [3.8, 4) is 5.75 Å². The number of hydrogen-bond acceptors (Lipinski definition) is 4. The predicted octanol–water partition coefficient (Wildman–Crippen LogP) is 4.12. The van der Waals surface area contributed by atoms with Gasteiger partial charge in [-0.05, 0) is 79.6 Å². The van der Waals surface area contributed by atoms with Crippen LogP contribution in [0.2, 0.25) is 0 Å². The van der Waals surface area contributed by atoms with Crippen molar-refractivity contribution in [3.63, 3.8) is 0 Å². The Kier molecular flexibility index (Phi) is 6.55. The summed E-state index contributed by atoms with van der Waals surface area (Å²) < 4.78 is 45.7. The highest BCUT2D eigenvalue weighted by atomic mass is 32.2. The average Bonchev–Trinajstić information content (AvgIpc) is 3.32. The number of halogens is 1. The van der Waals surface area contributed by atoms with Crippen LogP contribution in [0.25, 0.3) is 10.9 Å². The second kappa shape index (κ2) is 9.62. The second-order valence-corrected chi connectivity index (χ2v) is 11.3. The molecule has 3 heterocycles. The van der Waals surface area contributed by atoms with Crippen molar-refractivity contribution in [2.45, 2.75) is 36.5 Å². The Morgan fingerprint density at radius 3 is 2.34 bits per heavy atom. The third-order valence-corrected chi connectivity index (χ3v) is 9.33. The zero-order valence-corrected chi connectivity index (χ0v) is 20.6. The molecule has 2 fully saturated rings. The molecular formula is C26H30FN3O4S. The zero-order chi connectivity index (χ0) is 24.6. The highest BCUT2D eigenvalue weighted by Crippen LogP contribution is 2.35. The lowest BCUT2D eigenvalue weighted by atomic mass is 9.88. The van der Waals surface area contributed by atoms with Crippen molar-refractivity contribution in [1.82, 2.24) is 14.2 Å². The van der Waals surface area contributed by atoms with Gasteiger partial charge in [0.2, 0.25) is 15.9 Å². The standard InChI is InChI=1S/C26H30FN3O4S/c1-34-21-4-7-25-23(16-21)24(17-28-25)18-8-12-29(13-9-18)26(31)19-10-14-30(15-11-19)35(32,33)22-5-2-20(27)3-6-22/h2-7,16-19,28H,8-15H2,1H3. The van der Waals surface area contributed by atoms with Gasteiger partial charge in [-0.2, -0.15) is 4.31 Å². The maximum atomic E-state index is 13.2. The van der Waals surface area contributed by atoms with E-state index in [2.05, 4.69) is 17.2 Å². The summed E-state index contributed by atoms with van der Waals surface area (Å²) in [7, 11) is -2.01. The van der Waals surface area contributed by atoms with E-state index in [1.807, 2.05) is 17.0 Å². The van der Waals surface area contributed by atoms with Crippen LogP contribution in [0, 0.1) is 11.7 Å². The number of likely N-dealkylation sites (tertiary alicyclic amines) is 1. The molecule has 2 aromatic carbocycles. The molecule has 1 N–H and O–H groups in total. The normalized spacial score (nSPS) is 18.7. The number of fused-ring (bicyclic) bond motifs is 1. The molecule has 0 atom stereocenters. The van der Waals surface area contributed by atoms with Crippen molar-refractivity contribution in [2.75, 3.05) is 33.3 Å². The van der Waals surface area contributed by atoms with Crippen LogP contribution < -0.4 is 4.74 Å². The molecule has 35 heavy (non-hydrogen) atoms. The van der Waals surface area contributed by atoms with Gasteiger partial charge in [0.1, 0.15) is 11.6 Å². The summed E-state index contributed by atoms with van der Waals surface area (Å²) in [5, 5.41) is 1.17. The number of nitrogens with zero attached hydrogens (tertiary/aromatic N) is 2. The molecule has 7 nitrogen and oxygen atoms in total. The lowest BCUT2D eigenvalue weighted by Gasteiger charge is -2.37. The number of ether oxygens (including phenoxy) is 1. The number of piperidine rings is 2. The van der Waals surface area contributed by atoms with E-state index >= 15 is 0 Å². The quantitative estimate of drug-likeness (QED) is 0.573. The monoisotopic (exact) mass is 499 g/mol. The van der Waals surface area contributed by atoms with Crippen LogP contribution in [0.3, 0.4) is 0 Å². The fourth-order valence-corrected chi connectivity index (χ4v) is 6.82. The molecule has 2 saturated heterocycles. The van der Waals surface area contributed by atoms with E-state index in [-0.39, 0.29) is 16.7 Å². The van der Waals surface area contributed by atoms with Crippen LogP contribution in [0.15, 0.2) is 53.6 Å². The van der Waals surface area contributed by atoms with Gasteiger partial charge in [0.25, 0.3) is 0 Å². The first kappa shape index (κ1) is 23.8. The highest BCUT2D eigenvalue weighted by Gasteiger charge is 2.35. The molecule has 0 unspecified atom stereocenters. The first-order valence-electron chi connectivity index (χ1n) is 12.1. The first-order chi connectivity index (χ1) is 16.9. The van der Waals surface area contributed by atoms with Gasteiger partial charge in [0.15, 0.2) is 0 Å². The van der Waals surface area contributed by atoms with E-state index in [0.717, 1.165) is 36.2 Å². The van der Waals surface area contributed by atoms with Crippen LogP contribution >= 0.6 is 0 Å². The molecule has 1 amide bonds. The number of nitrogens with one attached hydrogen (secondary N) is 1. The van der Waals surface area contributed by atoms with Gasteiger partial charge in [-0.3, -0.25) is 4.79 Å². The van der Waals surface area contributed by atoms with Gasteiger partial charge in [-0.25, -0.2) is 12.8 Å². The molecule has 2 aliphatic heterocycles. The average molecular weight is 500 g/mol. The minimum Gasteiger partial charge on any atom is -0.497 e. The van der Waals surface area contributed by atoms with Crippen LogP contribution in [-0.4, -0.2) is 61.8 Å². The minimum absolute atomic E-state index is 0.0839. The summed E-state index contributed by atoms with van der Waals surface area (Å²) in [4.78, 5) is 18.6. The predicted molar refractivity (Wildman–Crippen MR) is 131 cm³/mol. The second-order valence-electron chi connectivity index (χ2n) is 9.39. The van der Waals surface area contributed by atoms with E-state index in [1.54, 1.807) is 7.11 Å². The number of aromatic nitrogens is 1. The molecule has 9 heteroatoms. The van der Waals surface area contributed by atoms with Gasteiger partial charge in [-0.15, -0.1) is 0 Å². The van der Waals surface area contributed by atoms with Gasteiger partial charge in [-0.1, -0.05) is 0 Å². The fourth-order valence-electron chi connectivity index (χ4n) is 5.35. The number of hydrogen-bond donors (Lipinski definition) is 1. The largest absolute Gasteiger partial charge is 0.497 e. The first-order valence-corrected chi connectivity index (χ1v) is 13.5. The topological polar surface area (TPSA) is 82.7 Å². The Balaban J connectivity index is 1.17. The summed E-state index contributed by atoms with van der Waals surface area (Å²) >= 11 is 0. The van der Waals surface area contributed by atoms with Gasteiger partial charge >= 0.3 is 0 Å². The Hall–Kier alpha value is -2.91. The number of amides is 1. The van der Waals surface area contributed by atoms with E-state index in [9.17, 15) is 17.6 Å². The fraction of sp³-hybridized carbons (Fsp3) is 0.423. The van der Waals surface area contributed by atoms with Gasteiger partial charge < -0.3 is 14.6 Å². The van der Waals surface area contributed by atoms with Crippen LogP contribution in [0.5, 0.6) is 5.75 Å². The van der Waals surface area contributed by atoms with Gasteiger partial charge in [0.05, 0.1) is 12.0 Å². The third kappa shape index (κ3) is 4.67. The molecule has 0 aliphatic carbocycles. The highest BCUT2D eigenvalue weighted by molar-refractivity contribution is 7.89. The molecule has 3 aromatic rings. The van der Waals surface area contributed by atoms with E-state index in [1.165, 1.54) is 27.4 Å². The number of aromatic amines is 1. The Morgan fingerprint density at radius 1 is 1.00 bits per heavy atom. The van der Waals surface area contributed by atoms with Crippen molar-refractivity contribution < 1.29 is 22.3 Å². The lowest BCUT2D eigenvalue weighted by molar-refractivity contribution is -0.137. The number of sulfonamides is 1. The van der Waals surface area contributed by atoms with Crippen LogP contribution in [0.1, 0.15) is 37.2 Å². The molecule has 0 saturated carbocycles. The number of carbonyl (C=O) groups is 1. The van der Waals surface area contributed by atoms with E-state index in [4.69, 9.17) is 4.74 Å². The molecular weight excluding hydrogens is 469 g/mol. The number of benzene rings is 2. The minimum atomic E-state index is -3.68. The summed E-state index contributed by atoms with van der Waals surface area (Å²) in [6.07, 6.45) is 4.87. The van der Waals surface area contributed by atoms with Gasteiger partial charge in [0, 0.05) is 49.2 Å². The van der Waals surface area contributed by atoms with Crippen LogP contribution in [-0.2, 0) is 14.8 Å². The smallest absolute Gasteiger partial charge is 0.243 e. The maximum absolute atomic E-state index is 13.2. The summed E-state index contributed by atoms with van der Waals surface area (Å²) in [6, 6.07) is 10.9. The molecule has 0 bridgehead atoms. The van der Waals surface area contributed by atoms with Crippen molar-refractivity contribution in [2.24, 2.45) is 5.92 Å². The molecule has 1 aromatic heterocycles. The third-order valence-electron chi connectivity index (χ3n) is 7.42. The van der Waals surface area contributed by atoms with Crippen LogP contribution in [0.4, 0.5) is 4.39 Å². The Bertz CT molecular complexity index is 1310. The Morgan fingerprint density at radius 2 is 1.69 bits per heavy atom. The zero-order valence-electron chi connectivity index (χ0n) is 19.7. The Labute approximate surface area is 204 Å². The molecule has 2 aliphatic rings. The number of methoxy groups -OCH3 is 1. The molecule has 5 rings (SSSR count). The summed E-state index contributed by atoms with van der Waals surface area (Å²) in [6.45, 7) is 2.00. The van der Waals surface area contributed by atoms with E-state index < -0.39 is 15.8 Å². The maximum Gasteiger partial charge on any atom is 0.243 e.